The van der Waals surface area contributed by atoms with Gasteiger partial charge in [-0.25, -0.2) is 14.0 Å². The smallest absolute Gasteiger partial charge is 0.438 e. The van der Waals surface area contributed by atoms with Crippen molar-refractivity contribution in [1.82, 2.24) is 0 Å². The third-order valence-electron chi connectivity index (χ3n) is 1.94. The van der Waals surface area contributed by atoms with Crippen LogP contribution in [0.3, 0.4) is 0 Å². The molecule has 0 heterocycles. The van der Waals surface area contributed by atoms with Gasteiger partial charge in [0.1, 0.15) is 19.8 Å². The van der Waals surface area contributed by atoms with Crippen molar-refractivity contribution in [3.63, 3.8) is 0 Å². The monoisotopic (exact) mass is 297 g/mol. The molecule has 0 aliphatic heterocycles. The van der Waals surface area contributed by atoms with Gasteiger partial charge in [-0.3, -0.25) is 0 Å². The highest BCUT2D eigenvalue weighted by atomic mass is 19.1. The molecule has 0 radical (unpaired) electrons. The Morgan fingerprint density at radius 2 is 1.85 bits per heavy atom. The van der Waals surface area contributed by atoms with Gasteiger partial charge in [0.2, 0.25) is 0 Å². The van der Waals surface area contributed by atoms with E-state index in [4.69, 9.17) is 0 Å². The lowest BCUT2D eigenvalue weighted by molar-refractivity contribution is -0.0692. The Hall–Kier alpha value is -2.10. The predicted octanol–water partition coefficient (Wildman–Crippen LogP) is 0.252. The lowest BCUT2D eigenvalue weighted by Gasteiger charge is -2.22. The summed E-state index contributed by atoms with van der Waals surface area (Å²) in [5.74, 6) is 0. The Labute approximate surface area is 114 Å². The molecule has 9 nitrogen and oxygen atoms in total. The van der Waals surface area contributed by atoms with Crippen LogP contribution >= 0.6 is 0 Å². The highest BCUT2D eigenvalue weighted by Crippen LogP contribution is 2.10. The largest absolute Gasteiger partial charge is 0.508 e. The van der Waals surface area contributed by atoms with Crippen molar-refractivity contribution in [1.29, 1.82) is 0 Å². The van der Waals surface area contributed by atoms with Gasteiger partial charge in [-0.2, -0.15) is 0 Å². The van der Waals surface area contributed by atoms with Gasteiger partial charge in [0.05, 0.1) is 20.4 Å². The molecule has 3 atom stereocenters. The molecular weight excluding hydrogens is 281 g/mol. The van der Waals surface area contributed by atoms with Crippen molar-refractivity contribution in [2.45, 2.75) is 18.4 Å². The Kier molecular flexibility index (Phi) is 8.75. The van der Waals surface area contributed by atoms with Crippen LogP contribution in [0.15, 0.2) is 5.16 Å². The Morgan fingerprint density at radius 3 is 2.35 bits per heavy atom. The first-order valence-electron chi connectivity index (χ1n) is 5.30. The average molecular weight is 297 g/mol. The van der Waals surface area contributed by atoms with Gasteiger partial charge >= 0.3 is 12.3 Å². The Morgan fingerprint density at radius 1 is 1.25 bits per heavy atom. The minimum absolute atomic E-state index is 0.657. The third kappa shape index (κ3) is 6.73. The van der Waals surface area contributed by atoms with Crippen LogP contribution in [-0.4, -0.2) is 69.9 Å². The van der Waals surface area contributed by atoms with E-state index < -0.39 is 37.3 Å². The summed E-state index contributed by atoms with van der Waals surface area (Å²) in [5, 5.41) is 12.8. The maximum absolute atomic E-state index is 13.7. The summed E-state index contributed by atoms with van der Waals surface area (Å²) in [6.45, 7) is -0.657. The van der Waals surface area contributed by atoms with E-state index in [2.05, 4.69) is 28.9 Å². The average Bonchev–Trinajstić information content (AvgIpc) is 2.46. The van der Waals surface area contributed by atoms with Crippen molar-refractivity contribution >= 4 is 18.5 Å². The maximum atomic E-state index is 13.7. The molecule has 116 valence electrons. The van der Waals surface area contributed by atoms with E-state index in [1.54, 1.807) is 0 Å². The summed E-state index contributed by atoms with van der Waals surface area (Å²) in [6.07, 6.45) is -7.01. The van der Waals surface area contributed by atoms with Crippen LogP contribution in [0, 0.1) is 0 Å². The molecular formula is C10H16FNO8. The molecule has 0 bridgehead atoms. The molecule has 0 saturated carbocycles. The van der Waals surface area contributed by atoms with E-state index in [9.17, 15) is 19.1 Å². The first kappa shape index (κ1) is 17.9. The number of ether oxygens (including phenoxy) is 4. The number of methoxy groups -OCH3 is 2. The predicted molar refractivity (Wildman–Crippen MR) is 62.0 cm³/mol. The zero-order chi connectivity index (χ0) is 15.5. The summed E-state index contributed by atoms with van der Waals surface area (Å²) < 4.78 is 31.0. The molecule has 0 saturated heterocycles. The van der Waals surface area contributed by atoms with Crippen LogP contribution in [0.2, 0.25) is 0 Å². The summed E-state index contributed by atoms with van der Waals surface area (Å²) >= 11 is 0. The Balaban J connectivity index is 4.68. The van der Waals surface area contributed by atoms with Gasteiger partial charge in [0.15, 0.2) is 12.3 Å². The number of rotatable bonds is 7. The summed E-state index contributed by atoms with van der Waals surface area (Å²) in [7, 11) is 3.24. The molecule has 0 fully saturated rings. The summed E-state index contributed by atoms with van der Waals surface area (Å²) in [6, 6.07) is 0. The minimum Gasteiger partial charge on any atom is -0.438 e. The number of carbonyl (C=O) groups is 2. The lowest BCUT2D eigenvalue weighted by atomic mass is 10.1. The molecule has 0 aromatic heterocycles. The van der Waals surface area contributed by atoms with Crippen LogP contribution in [-0.2, 0) is 23.8 Å². The molecule has 0 aromatic rings. The number of hydrogen-bond acceptors (Lipinski definition) is 9. The number of halogens is 1. The standard InChI is InChI=1S/C10H16FNO8/c1-16-9(14)19-5-7(13)8(20-10(15)17-2)6(11)4-12-18-3/h4,6-8,13H,5H2,1-3H3/t6-,7-,8+/m1/s1. The second-order valence-corrected chi connectivity index (χ2v) is 3.25. The normalized spacial score (nSPS) is 15.1. The van der Waals surface area contributed by atoms with Gasteiger partial charge < -0.3 is 28.9 Å². The molecule has 0 aliphatic carbocycles. The second-order valence-electron chi connectivity index (χ2n) is 3.25. The van der Waals surface area contributed by atoms with Gasteiger partial charge in [-0.15, -0.1) is 0 Å². The minimum atomic E-state index is -2.01. The molecule has 0 spiro atoms. The van der Waals surface area contributed by atoms with Crippen molar-refractivity contribution in [3.05, 3.63) is 0 Å². The number of oxime groups is 1. The molecule has 0 aromatic carbocycles. The zero-order valence-corrected chi connectivity index (χ0v) is 11.1. The first-order chi connectivity index (χ1) is 9.46. The summed E-state index contributed by atoms with van der Waals surface area (Å²) in [5.41, 5.74) is 0. The van der Waals surface area contributed by atoms with E-state index in [0.29, 0.717) is 6.21 Å². The van der Waals surface area contributed by atoms with Crippen molar-refractivity contribution in [3.8, 4) is 0 Å². The number of aliphatic hydroxyl groups excluding tert-OH is 1. The van der Waals surface area contributed by atoms with Gasteiger partial charge in [0.25, 0.3) is 0 Å². The molecule has 0 unspecified atom stereocenters. The van der Waals surface area contributed by atoms with Crippen LogP contribution in [0.1, 0.15) is 0 Å². The fourth-order valence-corrected chi connectivity index (χ4v) is 1.03. The van der Waals surface area contributed by atoms with Gasteiger partial charge in [-0.1, -0.05) is 5.16 Å². The van der Waals surface area contributed by atoms with Crippen molar-refractivity contribution in [2.75, 3.05) is 27.9 Å². The van der Waals surface area contributed by atoms with Crippen molar-refractivity contribution in [2.24, 2.45) is 5.16 Å². The molecule has 1 N–H and O–H groups in total. The topological polar surface area (TPSA) is 113 Å². The van der Waals surface area contributed by atoms with Crippen LogP contribution in [0.25, 0.3) is 0 Å². The van der Waals surface area contributed by atoms with E-state index in [1.165, 1.54) is 7.11 Å². The van der Waals surface area contributed by atoms with E-state index in [1.807, 2.05) is 0 Å². The molecule has 10 heteroatoms. The fourth-order valence-electron chi connectivity index (χ4n) is 1.03. The Bertz CT molecular complexity index is 337. The van der Waals surface area contributed by atoms with Crippen LogP contribution in [0.5, 0.6) is 0 Å². The molecule has 0 aliphatic rings. The molecule has 20 heavy (non-hydrogen) atoms. The third-order valence-corrected chi connectivity index (χ3v) is 1.94. The van der Waals surface area contributed by atoms with Crippen molar-refractivity contribution < 1.29 is 42.9 Å². The number of alkyl halides is 1. The highest BCUT2D eigenvalue weighted by Gasteiger charge is 2.33. The van der Waals surface area contributed by atoms with Gasteiger partial charge in [0, 0.05) is 0 Å². The highest BCUT2D eigenvalue weighted by molar-refractivity contribution is 5.65. The van der Waals surface area contributed by atoms with Gasteiger partial charge in [-0.05, 0) is 0 Å². The van der Waals surface area contributed by atoms with Crippen LogP contribution < -0.4 is 0 Å². The number of hydrogen-bond donors (Lipinski definition) is 1. The lowest BCUT2D eigenvalue weighted by Crippen LogP contribution is -2.43. The molecule has 0 amide bonds. The molecule has 0 rings (SSSR count). The summed E-state index contributed by atoms with van der Waals surface area (Å²) in [4.78, 5) is 26.0. The van der Waals surface area contributed by atoms with Crippen LogP contribution in [0.4, 0.5) is 14.0 Å². The maximum Gasteiger partial charge on any atom is 0.508 e. The van der Waals surface area contributed by atoms with E-state index in [0.717, 1.165) is 14.2 Å². The number of carbonyl (C=O) groups excluding carboxylic acids is 2. The van der Waals surface area contributed by atoms with E-state index >= 15 is 0 Å². The second kappa shape index (κ2) is 9.78. The number of aliphatic hydroxyl groups is 1. The van der Waals surface area contributed by atoms with E-state index in [-0.39, 0.29) is 0 Å². The first-order valence-corrected chi connectivity index (χ1v) is 5.30. The fraction of sp³-hybridized carbons (Fsp3) is 0.700. The number of nitrogens with zero attached hydrogens (tertiary/aromatic N) is 1. The zero-order valence-electron chi connectivity index (χ0n) is 11.1. The SMILES string of the molecule is CON=C[C@@H](F)[C@H](OC(=O)OC)[C@H](O)COC(=O)OC. The quantitative estimate of drug-likeness (QED) is 0.404.